The van der Waals surface area contributed by atoms with Crippen LogP contribution in [0.5, 0.6) is 0 Å². The topological polar surface area (TPSA) is 52.6 Å². The second-order valence-corrected chi connectivity index (χ2v) is 6.21. The van der Waals surface area contributed by atoms with Crippen molar-refractivity contribution in [3.63, 3.8) is 0 Å². The van der Waals surface area contributed by atoms with Gasteiger partial charge < -0.3 is 10.0 Å². The third-order valence-corrected chi connectivity index (χ3v) is 4.75. The molecule has 0 bridgehead atoms. The van der Waals surface area contributed by atoms with Crippen molar-refractivity contribution >= 4 is 5.97 Å². The van der Waals surface area contributed by atoms with E-state index in [2.05, 4.69) is 31.1 Å². The van der Waals surface area contributed by atoms with E-state index in [1.54, 1.807) is 0 Å². The van der Waals surface area contributed by atoms with Gasteiger partial charge >= 0.3 is 5.97 Å². The largest absolute Gasteiger partial charge is 0.480 e. The summed E-state index contributed by atoms with van der Waals surface area (Å²) in [4.78, 5) is 14.0. The van der Waals surface area contributed by atoms with Gasteiger partial charge in [-0.1, -0.05) is 20.8 Å². The quantitative estimate of drug-likeness (QED) is 0.612. The molecule has 0 heterocycles. The molecule has 1 aliphatic carbocycles. The highest BCUT2D eigenvalue weighted by molar-refractivity contribution is 5.78. The SMILES string of the molecule is CCC(CC)N(C)CCCC(CC)(NC1CC1)C(=O)O. The first-order valence-electron chi connectivity index (χ1n) is 8.20. The van der Waals surface area contributed by atoms with Crippen LogP contribution in [-0.2, 0) is 4.79 Å². The van der Waals surface area contributed by atoms with Gasteiger partial charge in [0.15, 0.2) is 0 Å². The van der Waals surface area contributed by atoms with Gasteiger partial charge in [-0.15, -0.1) is 0 Å². The average Bonchev–Trinajstić information content (AvgIpc) is 3.22. The average molecular weight is 284 g/mol. The fourth-order valence-corrected chi connectivity index (χ4v) is 3.01. The van der Waals surface area contributed by atoms with E-state index >= 15 is 0 Å². The molecule has 1 rings (SSSR count). The predicted molar refractivity (Wildman–Crippen MR) is 83.0 cm³/mol. The zero-order valence-corrected chi connectivity index (χ0v) is 13.6. The molecule has 0 amide bonds. The number of nitrogens with one attached hydrogen (secondary N) is 1. The monoisotopic (exact) mass is 284 g/mol. The normalized spacial score (nSPS) is 18.5. The second-order valence-electron chi connectivity index (χ2n) is 6.21. The lowest BCUT2D eigenvalue weighted by Crippen LogP contribution is -2.53. The van der Waals surface area contributed by atoms with Crippen LogP contribution in [0.3, 0.4) is 0 Å². The minimum absolute atomic E-state index is 0.433. The molecule has 0 aromatic carbocycles. The Kier molecular flexibility index (Phi) is 6.96. The van der Waals surface area contributed by atoms with Gasteiger partial charge in [-0.2, -0.15) is 0 Å². The summed E-state index contributed by atoms with van der Waals surface area (Å²) in [5.41, 5.74) is -0.712. The molecule has 1 atom stereocenters. The molecule has 0 aromatic rings. The first-order valence-corrected chi connectivity index (χ1v) is 8.20. The molecule has 20 heavy (non-hydrogen) atoms. The van der Waals surface area contributed by atoms with Crippen molar-refractivity contribution in [1.82, 2.24) is 10.2 Å². The Morgan fingerprint density at radius 2 is 1.95 bits per heavy atom. The smallest absolute Gasteiger partial charge is 0.323 e. The molecule has 4 nitrogen and oxygen atoms in total. The summed E-state index contributed by atoms with van der Waals surface area (Å²) < 4.78 is 0. The van der Waals surface area contributed by atoms with E-state index in [9.17, 15) is 9.90 Å². The number of hydrogen-bond donors (Lipinski definition) is 2. The van der Waals surface area contributed by atoms with Crippen LogP contribution < -0.4 is 5.32 Å². The van der Waals surface area contributed by atoms with Crippen molar-refractivity contribution in [3.8, 4) is 0 Å². The molecule has 1 aliphatic rings. The van der Waals surface area contributed by atoms with E-state index in [-0.39, 0.29) is 0 Å². The summed E-state index contributed by atoms with van der Waals surface area (Å²) in [6.45, 7) is 7.39. The fraction of sp³-hybridized carbons (Fsp3) is 0.938. The van der Waals surface area contributed by atoms with Gasteiger partial charge in [0, 0.05) is 12.1 Å². The number of rotatable bonds is 11. The molecule has 0 spiro atoms. The zero-order chi connectivity index (χ0) is 15.2. The van der Waals surface area contributed by atoms with E-state index < -0.39 is 11.5 Å². The number of carboxylic acid groups (broad SMARTS) is 1. The van der Waals surface area contributed by atoms with Crippen LogP contribution in [0.1, 0.15) is 65.7 Å². The van der Waals surface area contributed by atoms with Crippen molar-refractivity contribution in [3.05, 3.63) is 0 Å². The third-order valence-electron chi connectivity index (χ3n) is 4.75. The van der Waals surface area contributed by atoms with Gasteiger partial charge in [-0.25, -0.2) is 0 Å². The minimum Gasteiger partial charge on any atom is -0.480 e. The Morgan fingerprint density at radius 3 is 2.35 bits per heavy atom. The molecule has 1 fully saturated rings. The molecular formula is C16H32N2O2. The van der Waals surface area contributed by atoms with Crippen molar-refractivity contribution < 1.29 is 9.90 Å². The molecule has 0 aliphatic heterocycles. The summed E-state index contributed by atoms with van der Waals surface area (Å²) in [5.74, 6) is -0.683. The maximum atomic E-state index is 11.7. The van der Waals surface area contributed by atoms with E-state index in [1.165, 1.54) is 0 Å². The first kappa shape index (κ1) is 17.4. The van der Waals surface area contributed by atoms with Crippen molar-refractivity contribution in [2.75, 3.05) is 13.6 Å². The molecule has 0 radical (unpaired) electrons. The highest BCUT2D eigenvalue weighted by Gasteiger charge is 2.40. The summed E-state index contributed by atoms with van der Waals surface area (Å²) in [5, 5.41) is 13.0. The molecule has 1 unspecified atom stereocenters. The molecule has 118 valence electrons. The Morgan fingerprint density at radius 1 is 1.35 bits per heavy atom. The molecule has 0 saturated heterocycles. The Labute approximate surface area is 123 Å². The van der Waals surface area contributed by atoms with Gasteiger partial charge in [0.25, 0.3) is 0 Å². The molecule has 4 heteroatoms. The Balaban J connectivity index is 2.47. The Hall–Kier alpha value is -0.610. The first-order chi connectivity index (χ1) is 9.49. The van der Waals surface area contributed by atoms with Crippen LogP contribution in [-0.4, -0.2) is 47.2 Å². The number of nitrogens with zero attached hydrogens (tertiary/aromatic N) is 1. The molecule has 0 aromatic heterocycles. The van der Waals surface area contributed by atoms with Crippen LogP contribution in [0.4, 0.5) is 0 Å². The van der Waals surface area contributed by atoms with Gasteiger partial charge in [-0.05, 0) is 58.5 Å². The highest BCUT2D eigenvalue weighted by atomic mass is 16.4. The summed E-state index contributed by atoms with van der Waals surface area (Å²) in [6, 6.07) is 1.05. The maximum absolute atomic E-state index is 11.7. The third kappa shape index (κ3) is 4.74. The van der Waals surface area contributed by atoms with E-state index in [4.69, 9.17) is 0 Å². The van der Waals surface area contributed by atoms with Crippen molar-refractivity contribution in [2.45, 2.75) is 83.3 Å². The zero-order valence-electron chi connectivity index (χ0n) is 13.6. The van der Waals surface area contributed by atoms with E-state index in [1.807, 2.05) is 6.92 Å². The second kappa shape index (κ2) is 7.99. The fourth-order valence-electron chi connectivity index (χ4n) is 3.01. The number of carboxylic acids is 1. The Bertz CT molecular complexity index is 301. The van der Waals surface area contributed by atoms with Gasteiger partial charge in [0.05, 0.1) is 0 Å². The molecule has 1 saturated carbocycles. The number of aliphatic carboxylic acids is 1. The van der Waals surface area contributed by atoms with Crippen LogP contribution in [0, 0.1) is 0 Å². The summed E-state index contributed by atoms with van der Waals surface area (Å²) >= 11 is 0. The van der Waals surface area contributed by atoms with Crippen molar-refractivity contribution in [2.24, 2.45) is 0 Å². The van der Waals surface area contributed by atoms with Crippen LogP contribution >= 0.6 is 0 Å². The van der Waals surface area contributed by atoms with E-state index in [0.29, 0.717) is 18.5 Å². The lowest BCUT2D eigenvalue weighted by atomic mass is 9.90. The lowest BCUT2D eigenvalue weighted by Gasteiger charge is -2.32. The van der Waals surface area contributed by atoms with Crippen LogP contribution in [0.25, 0.3) is 0 Å². The highest BCUT2D eigenvalue weighted by Crippen LogP contribution is 2.27. The van der Waals surface area contributed by atoms with Gasteiger partial charge in [-0.3, -0.25) is 10.1 Å². The molecular weight excluding hydrogens is 252 g/mol. The summed E-state index contributed by atoms with van der Waals surface area (Å²) in [7, 11) is 2.15. The standard InChI is InChI=1S/C16H32N2O2/c1-5-14(6-2)18(4)12-8-11-16(7-3,15(19)20)17-13-9-10-13/h13-14,17H,5-12H2,1-4H3,(H,19,20). The van der Waals surface area contributed by atoms with E-state index in [0.717, 1.165) is 45.1 Å². The predicted octanol–water partition coefficient (Wildman–Crippen LogP) is 2.87. The molecule has 2 N–H and O–H groups in total. The van der Waals surface area contributed by atoms with Crippen LogP contribution in [0.2, 0.25) is 0 Å². The number of carbonyl (C=O) groups is 1. The van der Waals surface area contributed by atoms with Gasteiger partial charge in [0.2, 0.25) is 0 Å². The summed E-state index contributed by atoms with van der Waals surface area (Å²) in [6.07, 6.45) is 6.89. The maximum Gasteiger partial charge on any atom is 0.323 e. The lowest BCUT2D eigenvalue weighted by molar-refractivity contribution is -0.145. The number of hydrogen-bond acceptors (Lipinski definition) is 3. The van der Waals surface area contributed by atoms with Crippen LogP contribution in [0.15, 0.2) is 0 Å². The minimum atomic E-state index is -0.712. The van der Waals surface area contributed by atoms with Crippen molar-refractivity contribution in [1.29, 1.82) is 0 Å². The van der Waals surface area contributed by atoms with Gasteiger partial charge in [0.1, 0.15) is 5.54 Å².